The smallest absolute Gasteiger partial charge is 0.335 e. The van der Waals surface area contributed by atoms with Gasteiger partial charge in [0.1, 0.15) is 22.9 Å². The van der Waals surface area contributed by atoms with E-state index in [9.17, 15) is 13.6 Å². The van der Waals surface area contributed by atoms with Crippen LogP contribution in [0.2, 0.25) is 0 Å². The van der Waals surface area contributed by atoms with Crippen molar-refractivity contribution in [1.82, 2.24) is 19.1 Å². The molecule has 4 aromatic rings. The molecule has 166 valence electrons. The Morgan fingerprint density at radius 2 is 1.84 bits per heavy atom. The van der Waals surface area contributed by atoms with Crippen LogP contribution in [0.3, 0.4) is 0 Å². The Morgan fingerprint density at radius 1 is 1.09 bits per heavy atom. The number of aromatic nitrogens is 4. The lowest BCUT2D eigenvalue weighted by Crippen LogP contribution is -2.24. The number of imidazole rings is 1. The summed E-state index contributed by atoms with van der Waals surface area (Å²) in [6.07, 6.45) is 1.45. The Balaban J connectivity index is 1.90. The molecule has 0 unspecified atom stereocenters. The van der Waals surface area contributed by atoms with Gasteiger partial charge in [-0.3, -0.25) is 4.57 Å². The quantitative estimate of drug-likeness (QED) is 0.424. The summed E-state index contributed by atoms with van der Waals surface area (Å²) in [5.74, 6) is -0.640. The Labute approximate surface area is 182 Å². The molecule has 0 amide bonds. The fourth-order valence-electron chi connectivity index (χ4n) is 3.36. The Morgan fingerprint density at radius 3 is 2.56 bits per heavy atom. The molecule has 10 heteroatoms. The highest BCUT2D eigenvalue weighted by Gasteiger charge is 2.20. The molecule has 0 radical (unpaired) electrons. The molecule has 1 N–H and O–H groups in total. The monoisotopic (exact) mass is 441 g/mol. The second-order valence-electron chi connectivity index (χ2n) is 6.93. The zero-order valence-corrected chi connectivity index (χ0v) is 17.5. The number of fused-ring (bicyclic) bond motifs is 1. The third-order valence-electron chi connectivity index (χ3n) is 4.95. The van der Waals surface area contributed by atoms with Crippen LogP contribution >= 0.6 is 0 Å². The van der Waals surface area contributed by atoms with E-state index >= 15 is 0 Å². The van der Waals surface area contributed by atoms with Gasteiger partial charge in [0.15, 0.2) is 5.65 Å². The van der Waals surface area contributed by atoms with Gasteiger partial charge >= 0.3 is 5.69 Å². The van der Waals surface area contributed by atoms with Crippen LogP contribution in [-0.2, 0) is 11.3 Å². The van der Waals surface area contributed by atoms with Crippen molar-refractivity contribution >= 4 is 17.1 Å². The largest absolute Gasteiger partial charge is 0.497 e. The van der Waals surface area contributed by atoms with E-state index in [1.807, 2.05) is 0 Å². The van der Waals surface area contributed by atoms with Crippen molar-refractivity contribution < 1.29 is 18.3 Å². The van der Waals surface area contributed by atoms with E-state index in [0.29, 0.717) is 36.1 Å². The van der Waals surface area contributed by atoms with Gasteiger partial charge < -0.3 is 14.8 Å². The fourth-order valence-corrected chi connectivity index (χ4v) is 3.36. The lowest BCUT2D eigenvalue weighted by Gasteiger charge is -2.07. The highest BCUT2D eigenvalue weighted by atomic mass is 19.1. The maximum Gasteiger partial charge on any atom is 0.335 e. The van der Waals surface area contributed by atoms with Crippen molar-refractivity contribution in [1.29, 1.82) is 0 Å². The number of halogens is 2. The Kier molecular flexibility index (Phi) is 6.13. The average Bonchev–Trinajstić information content (AvgIpc) is 3.07. The third kappa shape index (κ3) is 4.04. The van der Waals surface area contributed by atoms with Crippen molar-refractivity contribution in [2.75, 3.05) is 32.7 Å². The number of ether oxygens (including phenoxy) is 2. The number of nitrogens with zero attached hydrogens (tertiary/aromatic N) is 4. The molecule has 0 saturated heterocycles. The van der Waals surface area contributed by atoms with Crippen LogP contribution in [0.5, 0.6) is 5.75 Å². The molecule has 0 aliphatic carbocycles. The summed E-state index contributed by atoms with van der Waals surface area (Å²) in [6.45, 7) is 0.592. The third-order valence-corrected chi connectivity index (χ3v) is 4.95. The van der Waals surface area contributed by atoms with Crippen LogP contribution in [0.1, 0.15) is 5.56 Å². The van der Waals surface area contributed by atoms with E-state index in [1.165, 1.54) is 28.5 Å². The zero-order chi connectivity index (χ0) is 22.7. The van der Waals surface area contributed by atoms with Gasteiger partial charge in [0, 0.05) is 25.3 Å². The molecule has 0 aliphatic heterocycles. The maximum absolute atomic E-state index is 14.3. The van der Waals surface area contributed by atoms with Gasteiger partial charge in [-0.05, 0) is 24.3 Å². The number of methoxy groups -OCH3 is 2. The molecule has 0 aliphatic rings. The predicted octanol–water partition coefficient (Wildman–Crippen LogP) is 2.98. The van der Waals surface area contributed by atoms with Crippen LogP contribution in [0.25, 0.3) is 16.9 Å². The minimum atomic E-state index is -0.738. The molecule has 0 saturated carbocycles. The minimum Gasteiger partial charge on any atom is -0.497 e. The minimum absolute atomic E-state index is 0.221. The van der Waals surface area contributed by atoms with Crippen molar-refractivity contribution in [2.24, 2.45) is 0 Å². The highest BCUT2D eigenvalue weighted by molar-refractivity contribution is 5.74. The summed E-state index contributed by atoms with van der Waals surface area (Å²) in [5.41, 5.74) is 0.377. The summed E-state index contributed by atoms with van der Waals surface area (Å²) in [4.78, 5) is 22.1. The van der Waals surface area contributed by atoms with E-state index < -0.39 is 17.3 Å². The van der Waals surface area contributed by atoms with Crippen LogP contribution < -0.4 is 15.7 Å². The van der Waals surface area contributed by atoms with Gasteiger partial charge in [-0.2, -0.15) is 4.98 Å². The number of hydrogen-bond acceptors (Lipinski definition) is 6. The predicted molar refractivity (Wildman–Crippen MR) is 116 cm³/mol. The normalized spacial score (nSPS) is 11.1. The average molecular weight is 441 g/mol. The van der Waals surface area contributed by atoms with Gasteiger partial charge in [0.25, 0.3) is 0 Å². The topological polar surface area (TPSA) is 83.2 Å². The molecule has 2 heterocycles. The van der Waals surface area contributed by atoms with Crippen LogP contribution in [0.15, 0.2) is 53.5 Å². The second kappa shape index (κ2) is 9.15. The summed E-state index contributed by atoms with van der Waals surface area (Å²) in [6, 6.07) is 10.5. The first-order valence-corrected chi connectivity index (χ1v) is 9.82. The van der Waals surface area contributed by atoms with E-state index in [4.69, 9.17) is 9.47 Å². The molecular formula is C22H21F2N5O3. The molecule has 0 bridgehead atoms. The summed E-state index contributed by atoms with van der Waals surface area (Å²) in [5, 5.41) is 3.02. The molecule has 0 atom stereocenters. The number of rotatable bonds is 8. The van der Waals surface area contributed by atoms with Crippen molar-refractivity contribution in [3.05, 3.63) is 76.3 Å². The number of anilines is 1. The molecule has 4 rings (SSSR count). The van der Waals surface area contributed by atoms with E-state index in [0.717, 1.165) is 12.1 Å². The standard InChI is InChI=1S/C22H21F2N5O3/c1-31-10-9-25-21-26-12-19-20(27-21)29(14-5-3-6-15(11-14)32-2)22(30)28(19)13-16-17(23)7-4-8-18(16)24/h3-8,11-12H,9-10,13H2,1-2H3,(H,25,26,27). The van der Waals surface area contributed by atoms with Gasteiger partial charge in [0.05, 0.1) is 32.1 Å². The van der Waals surface area contributed by atoms with Crippen LogP contribution in [0.4, 0.5) is 14.7 Å². The Hall–Kier alpha value is -3.79. The Bertz CT molecular complexity index is 1300. The van der Waals surface area contributed by atoms with E-state index in [2.05, 4.69) is 15.3 Å². The van der Waals surface area contributed by atoms with Crippen LogP contribution in [-0.4, -0.2) is 46.5 Å². The zero-order valence-electron chi connectivity index (χ0n) is 17.5. The fraction of sp³-hybridized carbons (Fsp3) is 0.227. The number of hydrogen-bond donors (Lipinski definition) is 1. The number of benzene rings is 2. The van der Waals surface area contributed by atoms with Crippen molar-refractivity contribution in [3.8, 4) is 11.4 Å². The molecule has 8 nitrogen and oxygen atoms in total. The van der Waals surface area contributed by atoms with Crippen molar-refractivity contribution in [2.45, 2.75) is 6.54 Å². The van der Waals surface area contributed by atoms with Gasteiger partial charge in [0.2, 0.25) is 5.95 Å². The number of nitrogens with one attached hydrogen (secondary N) is 1. The van der Waals surface area contributed by atoms with Crippen LogP contribution in [0, 0.1) is 11.6 Å². The van der Waals surface area contributed by atoms with E-state index in [1.54, 1.807) is 31.4 Å². The summed E-state index contributed by atoms with van der Waals surface area (Å²) in [7, 11) is 3.10. The highest BCUT2D eigenvalue weighted by Crippen LogP contribution is 2.22. The lowest BCUT2D eigenvalue weighted by atomic mass is 10.2. The lowest BCUT2D eigenvalue weighted by molar-refractivity contribution is 0.210. The molecule has 2 aromatic heterocycles. The maximum atomic E-state index is 14.3. The van der Waals surface area contributed by atoms with Gasteiger partial charge in [-0.15, -0.1) is 0 Å². The summed E-state index contributed by atoms with van der Waals surface area (Å²) >= 11 is 0. The second-order valence-corrected chi connectivity index (χ2v) is 6.93. The van der Waals surface area contributed by atoms with Gasteiger partial charge in [-0.25, -0.2) is 23.1 Å². The van der Waals surface area contributed by atoms with E-state index in [-0.39, 0.29) is 17.8 Å². The molecule has 32 heavy (non-hydrogen) atoms. The first kappa shape index (κ1) is 21.4. The van der Waals surface area contributed by atoms with Gasteiger partial charge in [-0.1, -0.05) is 12.1 Å². The first-order valence-electron chi connectivity index (χ1n) is 9.82. The molecule has 0 fully saturated rings. The molecule has 0 spiro atoms. The summed E-state index contributed by atoms with van der Waals surface area (Å²) < 4.78 is 41.5. The molecule has 2 aromatic carbocycles. The SMILES string of the molecule is COCCNc1ncc2c(n1)n(-c1cccc(OC)c1)c(=O)n2Cc1c(F)cccc1F. The molecular weight excluding hydrogens is 420 g/mol. The van der Waals surface area contributed by atoms with Crippen molar-refractivity contribution in [3.63, 3.8) is 0 Å². The first-order chi connectivity index (χ1) is 15.5.